The summed E-state index contributed by atoms with van der Waals surface area (Å²) < 4.78 is 12.2. The maximum Gasteiger partial charge on any atom is 0.519 e. The first-order valence-corrected chi connectivity index (χ1v) is 21.9. The molecule has 0 aromatic heterocycles. The van der Waals surface area contributed by atoms with Crippen LogP contribution in [-0.4, -0.2) is 6.16 Å². The maximum atomic E-state index is 13.7. The second kappa shape index (κ2) is 25.3. The SMILES string of the molecule is CCCCCCCCc1ccc(-c2cccc(OC(=O)Oc3cccc(-c4ccc(CCCCCCCC)cc4)c3CCCCC)c2CCCCC)cc1. The molecule has 4 rings (SSSR count). The molecule has 0 heterocycles. The highest BCUT2D eigenvalue weighted by Gasteiger charge is 2.19. The quantitative estimate of drug-likeness (QED) is 0.0367. The summed E-state index contributed by atoms with van der Waals surface area (Å²) in [4.78, 5) is 13.7. The van der Waals surface area contributed by atoms with Gasteiger partial charge in [-0.05, 0) is 96.9 Å². The molecule has 3 nitrogen and oxygen atoms in total. The van der Waals surface area contributed by atoms with Crippen molar-refractivity contribution in [2.24, 2.45) is 0 Å². The Hall–Kier alpha value is -3.85. The average Bonchev–Trinajstić information content (AvgIpc) is 3.19. The Bertz CT molecular complexity index is 1500. The predicted molar refractivity (Wildman–Crippen MR) is 231 cm³/mol. The lowest BCUT2D eigenvalue weighted by molar-refractivity contribution is 0.151. The molecule has 0 aliphatic carbocycles. The first-order valence-electron chi connectivity index (χ1n) is 21.9. The van der Waals surface area contributed by atoms with E-state index in [1.54, 1.807) is 0 Å². The van der Waals surface area contributed by atoms with Gasteiger partial charge < -0.3 is 9.47 Å². The van der Waals surface area contributed by atoms with Crippen molar-refractivity contribution in [2.45, 2.75) is 169 Å². The van der Waals surface area contributed by atoms with Crippen molar-refractivity contribution >= 4 is 6.16 Å². The number of unbranched alkanes of at least 4 members (excludes halogenated alkanes) is 14. The Kier molecular flexibility index (Phi) is 20.1. The molecule has 292 valence electrons. The lowest BCUT2D eigenvalue weighted by Gasteiger charge is -2.17. The highest BCUT2D eigenvalue weighted by molar-refractivity contribution is 5.76. The fraction of sp³-hybridized carbons (Fsp3) is 0.510. The highest BCUT2D eigenvalue weighted by atomic mass is 16.7. The largest absolute Gasteiger partial charge is 0.519 e. The zero-order valence-corrected chi connectivity index (χ0v) is 34.4. The zero-order chi connectivity index (χ0) is 38.2. The van der Waals surface area contributed by atoms with Gasteiger partial charge in [0.2, 0.25) is 0 Å². The minimum Gasteiger partial charge on any atom is -0.394 e. The molecular formula is C51H70O3. The summed E-state index contributed by atoms with van der Waals surface area (Å²) >= 11 is 0. The molecular weight excluding hydrogens is 661 g/mol. The van der Waals surface area contributed by atoms with Gasteiger partial charge in [0.05, 0.1) is 0 Å². The smallest absolute Gasteiger partial charge is 0.394 e. The van der Waals surface area contributed by atoms with Crippen molar-refractivity contribution in [2.75, 3.05) is 0 Å². The van der Waals surface area contributed by atoms with E-state index in [2.05, 4.69) is 88.4 Å². The Morgan fingerprint density at radius 3 is 1.11 bits per heavy atom. The number of rotatable bonds is 26. The molecule has 0 aliphatic rings. The second-order valence-electron chi connectivity index (χ2n) is 15.4. The molecule has 4 aromatic carbocycles. The molecule has 0 aliphatic heterocycles. The molecule has 0 atom stereocenters. The van der Waals surface area contributed by atoms with E-state index >= 15 is 0 Å². The lowest BCUT2D eigenvalue weighted by atomic mass is 9.93. The monoisotopic (exact) mass is 731 g/mol. The van der Waals surface area contributed by atoms with Crippen LogP contribution in [0.1, 0.15) is 166 Å². The maximum absolute atomic E-state index is 13.7. The van der Waals surface area contributed by atoms with Crippen molar-refractivity contribution in [3.63, 3.8) is 0 Å². The van der Waals surface area contributed by atoms with Gasteiger partial charge in [0.1, 0.15) is 11.5 Å². The minimum atomic E-state index is -0.679. The van der Waals surface area contributed by atoms with Crippen molar-refractivity contribution in [1.82, 2.24) is 0 Å². The number of hydrogen-bond acceptors (Lipinski definition) is 3. The van der Waals surface area contributed by atoms with Gasteiger partial charge in [-0.25, -0.2) is 4.79 Å². The van der Waals surface area contributed by atoms with Gasteiger partial charge in [0.15, 0.2) is 0 Å². The molecule has 0 fully saturated rings. The minimum absolute atomic E-state index is 0.592. The van der Waals surface area contributed by atoms with E-state index in [0.717, 1.165) is 97.6 Å². The fourth-order valence-electron chi connectivity index (χ4n) is 7.60. The molecule has 0 bridgehead atoms. The van der Waals surface area contributed by atoms with Crippen LogP contribution in [0.5, 0.6) is 11.5 Å². The van der Waals surface area contributed by atoms with Crippen molar-refractivity contribution < 1.29 is 14.3 Å². The van der Waals surface area contributed by atoms with Gasteiger partial charge in [-0.3, -0.25) is 0 Å². The summed E-state index contributed by atoms with van der Waals surface area (Å²) in [6.07, 6.45) is 25.6. The van der Waals surface area contributed by atoms with Crippen molar-refractivity contribution in [3.8, 4) is 33.8 Å². The average molecular weight is 731 g/mol. The van der Waals surface area contributed by atoms with Crippen LogP contribution >= 0.6 is 0 Å². The summed E-state index contributed by atoms with van der Waals surface area (Å²) in [5.41, 5.74) is 9.51. The van der Waals surface area contributed by atoms with Gasteiger partial charge in [0, 0.05) is 11.1 Å². The van der Waals surface area contributed by atoms with E-state index < -0.39 is 6.16 Å². The number of benzene rings is 4. The first kappa shape index (κ1) is 42.9. The molecule has 0 spiro atoms. The zero-order valence-electron chi connectivity index (χ0n) is 34.4. The third kappa shape index (κ3) is 14.4. The van der Waals surface area contributed by atoms with E-state index in [-0.39, 0.29) is 0 Å². The molecule has 54 heavy (non-hydrogen) atoms. The van der Waals surface area contributed by atoms with Crippen molar-refractivity contribution in [1.29, 1.82) is 0 Å². The normalized spacial score (nSPS) is 11.2. The number of carbonyl (C=O) groups excluding carboxylic acids is 1. The molecule has 0 saturated carbocycles. The number of ether oxygens (including phenoxy) is 2. The molecule has 0 saturated heterocycles. The Labute approximate surface area is 329 Å². The van der Waals surface area contributed by atoms with Crippen LogP contribution in [0.25, 0.3) is 22.3 Å². The number of carbonyl (C=O) groups is 1. The van der Waals surface area contributed by atoms with E-state index in [4.69, 9.17) is 9.47 Å². The van der Waals surface area contributed by atoms with Crippen LogP contribution in [0.4, 0.5) is 4.79 Å². The third-order valence-electron chi connectivity index (χ3n) is 10.9. The van der Waals surface area contributed by atoms with Gasteiger partial charge in [-0.1, -0.05) is 190 Å². The van der Waals surface area contributed by atoms with Gasteiger partial charge in [0.25, 0.3) is 0 Å². The molecule has 0 amide bonds. The molecule has 0 unspecified atom stereocenters. The van der Waals surface area contributed by atoms with E-state index in [0.29, 0.717) is 11.5 Å². The Balaban J connectivity index is 1.49. The summed E-state index contributed by atoms with van der Waals surface area (Å²) in [6.45, 7) is 8.98. The molecule has 3 heteroatoms. The van der Waals surface area contributed by atoms with Crippen LogP contribution < -0.4 is 9.47 Å². The van der Waals surface area contributed by atoms with E-state index in [9.17, 15) is 4.79 Å². The van der Waals surface area contributed by atoms with Crippen LogP contribution in [0.15, 0.2) is 84.9 Å². The first-order chi connectivity index (χ1) is 26.6. The van der Waals surface area contributed by atoms with Gasteiger partial charge in [-0.15, -0.1) is 0 Å². The lowest BCUT2D eigenvalue weighted by Crippen LogP contribution is -2.16. The third-order valence-corrected chi connectivity index (χ3v) is 10.9. The Morgan fingerprint density at radius 2 is 0.722 bits per heavy atom. The summed E-state index contributed by atoms with van der Waals surface area (Å²) in [5.74, 6) is 1.18. The van der Waals surface area contributed by atoms with Gasteiger partial charge >= 0.3 is 6.16 Å². The topological polar surface area (TPSA) is 35.5 Å². The van der Waals surface area contributed by atoms with Crippen molar-refractivity contribution in [3.05, 3.63) is 107 Å². The van der Waals surface area contributed by atoms with Crippen LogP contribution in [0.2, 0.25) is 0 Å². The standard InChI is InChI=1S/C51H70O3/c1-5-9-13-15-17-21-25-41-33-37-43(38-34-41)45-29-23-31-49(47(45)27-19-11-7-3)53-51(52)54-50-32-24-30-46(48(50)28-20-12-8-4)44-39-35-42(36-40-44)26-22-18-16-14-10-6-2/h23-24,29-40H,5-22,25-28H2,1-4H3. The summed E-state index contributed by atoms with van der Waals surface area (Å²) in [5, 5.41) is 0. The summed E-state index contributed by atoms with van der Waals surface area (Å²) in [7, 11) is 0. The van der Waals surface area contributed by atoms with E-state index in [1.165, 1.54) is 88.2 Å². The number of aryl methyl sites for hydroxylation is 2. The number of hydrogen-bond donors (Lipinski definition) is 0. The van der Waals surface area contributed by atoms with Crippen LogP contribution in [-0.2, 0) is 25.7 Å². The molecule has 0 N–H and O–H groups in total. The van der Waals surface area contributed by atoms with Crippen LogP contribution in [0, 0.1) is 0 Å². The molecule has 4 aromatic rings. The fourth-order valence-corrected chi connectivity index (χ4v) is 7.60. The van der Waals surface area contributed by atoms with Crippen LogP contribution in [0.3, 0.4) is 0 Å². The predicted octanol–water partition coefficient (Wildman–Crippen LogP) is 15.9. The highest BCUT2D eigenvalue weighted by Crippen LogP contribution is 2.35. The molecule has 0 radical (unpaired) electrons. The van der Waals surface area contributed by atoms with E-state index in [1.807, 2.05) is 24.3 Å². The Morgan fingerprint density at radius 1 is 0.389 bits per heavy atom. The van der Waals surface area contributed by atoms with Gasteiger partial charge in [-0.2, -0.15) is 0 Å². The summed E-state index contributed by atoms with van der Waals surface area (Å²) in [6, 6.07) is 30.2. The second-order valence-corrected chi connectivity index (χ2v) is 15.4.